The van der Waals surface area contributed by atoms with Crippen molar-refractivity contribution in [3.05, 3.63) is 77.4 Å². The lowest BCUT2D eigenvalue weighted by molar-refractivity contribution is 0.0664. The number of benzene rings is 3. The van der Waals surface area contributed by atoms with Gasteiger partial charge in [0, 0.05) is 17.8 Å². The third-order valence-corrected chi connectivity index (χ3v) is 5.44. The first kappa shape index (κ1) is 19.1. The monoisotopic (exact) mass is 418 g/mol. The summed E-state index contributed by atoms with van der Waals surface area (Å²) < 4.78 is 16.4. The molecule has 1 amide bonds. The largest absolute Gasteiger partial charge is 0.504 e. The smallest absolute Gasteiger partial charge is 0.258 e. The lowest BCUT2D eigenvalue weighted by Crippen LogP contribution is -2.42. The maximum Gasteiger partial charge on any atom is 0.258 e. The molecule has 158 valence electrons. The average Bonchev–Trinajstić information content (AvgIpc) is 3.25. The van der Waals surface area contributed by atoms with Gasteiger partial charge in [0.2, 0.25) is 6.79 Å². The molecular formula is C24H22N2O5. The van der Waals surface area contributed by atoms with E-state index in [0.717, 1.165) is 11.3 Å². The van der Waals surface area contributed by atoms with Crippen molar-refractivity contribution >= 4 is 11.6 Å². The van der Waals surface area contributed by atoms with Gasteiger partial charge in [0.1, 0.15) is 6.17 Å². The number of anilines is 1. The average molecular weight is 418 g/mol. The van der Waals surface area contributed by atoms with Gasteiger partial charge in [0.15, 0.2) is 23.0 Å². The molecule has 0 spiro atoms. The van der Waals surface area contributed by atoms with Gasteiger partial charge in [-0.1, -0.05) is 30.3 Å². The molecule has 0 unspecified atom stereocenters. The Bertz CT molecular complexity index is 1150. The number of fused-ring (bicyclic) bond motifs is 2. The van der Waals surface area contributed by atoms with Crippen molar-refractivity contribution in [1.29, 1.82) is 0 Å². The van der Waals surface area contributed by atoms with Crippen LogP contribution >= 0.6 is 0 Å². The minimum absolute atomic E-state index is 0.0183. The van der Waals surface area contributed by atoms with E-state index in [-0.39, 0.29) is 18.4 Å². The molecule has 31 heavy (non-hydrogen) atoms. The molecule has 2 heterocycles. The second kappa shape index (κ2) is 7.75. The predicted octanol–water partition coefficient (Wildman–Crippen LogP) is 4.29. The summed E-state index contributed by atoms with van der Waals surface area (Å²) in [6.45, 7) is 2.80. The van der Waals surface area contributed by atoms with Crippen LogP contribution in [0.5, 0.6) is 23.0 Å². The fraction of sp³-hybridized carbons (Fsp3) is 0.208. The Labute approximate surface area is 179 Å². The molecule has 2 aliphatic heterocycles. The molecule has 2 aliphatic rings. The van der Waals surface area contributed by atoms with Gasteiger partial charge >= 0.3 is 0 Å². The van der Waals surface area contributed by atoms with Crippen LogP contribution in [0.25, 0.3) is 0 Å². The third-order valence-electron chi connectivity index (χ3n) is 5.44. The molecule has 0 aromatic heterocycles. The highest BCUT2D eigenvalue weighted by Gasteiger charge is 2.35. The van der Waals surface area contributed by atoms with E-state index >= 15 is 0 Å². The van der Waals surface area contributed by atoms with E-state index in [1.807, 2.05) is 49.4 Å². The summed E-state index contributed by atoms with van der Waals surface area (Å²) in [6, 6.07) is 18.3. The van der Waals surface area contributed by atoms with Gasteiger partial charge in [0.25, 0.3) is 5.91 Å². The number of carbonyl (C=O) groups is 1. The molecule has 0 saturated heterocycles. The molecule has 5 rings (SSSR count). The summed E-state index contributed by atoms with van der Waals surface area (Å²) in [5.74, 6) is 1.63. The molecular weight excluding hydrogens is 396 g/mol. The fourth-order valence-corrected chi connectivity index (χ4v) is 3.97. The van der Waals surface area contributed by atoms with Gasteiger partial charge in [-0.2, -0.15) is 0 Å². The van der Waals surface area contributed by atoms with Crippen molar-refractivity contribution < 1.29 is 24.1 Å². The molecule has 7 heteroatoms. The number of para-hydroxylation sites is 2. The SMILES string of the molecule is CCOc1cccc([C@@H]2Nc3ccccc3C(=O)N2Cc2ccc3c(c2)OCO3)c1O. The van der Waals surface area contributed by atoms with Crippen LogP contribution in [0.15, 0.2) is 60.7 Å². The lowest BCUT2D eigenvalue weighted by atomic mass is 10.0. The van der Waals surface area contributed by atoms with Gasteiger partial charge in [0.05, 0.1) is 12.2 Å². The molecule has 1 atom stereocenters. The van der Waals surface area contributed by atoms with Crippen LogP contribution in [0.4, 0.5) is 5.69 Å². The van der Waals surface area contributed by atoms with Crippen molar-refractivity contribution in [2.24, 2.45) is 0 Å². The Morgan fingerprint density at radius 2 is 1.94 bits per heavy atom. The number of nitrogens with one attached hydrogen (secondary N) is 1. The number of carbonyl (C=O) groups excluding carboxylic acids is 1. The Balaban J connectivity index is 1.56. The minimum Gasteiger partial charge on any atom is -0.504 e. The minimum atomic E-state index is -0.576. The van der Waals surface area contributed by atoms with Crippen LogP contribution in [0.3, 0.4) is 0 Å². The Morgan fingerprint density at radius 1 is 1.10 bits per heavy atom. The number of ether oxygens (including phenoxy) is 3. The van der Waals surface area contributed by atoms with Crippen LogP contribution < -0.4 is 19.5 Å². The zero-order valence-electron chi connectivity index (χ0n) is 17.0. The van der Waals surface area contributed by atoms with Crippen molar-refractivity contribution in [2.45, 2.75) is 19.6 Å². The molecule has 0 fully saturated rings. The first-order chi connectivity index (χ1) is 15.2. The quantitative estimate of drug-likeness (QED) is 0.644. The Kier molecular flexibility index (Phi) is 4.78. The molecule has 3 aromatic rings. The summed E-state index contributed by atoms with van der Waals surface area (Å²) in [6.07, 6.45) is -0.576. The summed E-state index contributed by atoms with van der Waals surface area (Å²) in [5, 5.41) is 14.3. The van der Waals surface area contributed by atoms with Crippen LogP contribution in [0.2, 0.25) is 0 Å². The summed E-state index contributed by atoms with van der Waals surface area (Å²) in [7, 11) is 0. The number of phenols is 1. The van der Waals surface area contributed by atoms with Crippen LogP contribution in [0, 0.1) is 0 Å². The lowest BCUT2D eigenvalue weighted by Gasteiger charge is -2.38. The van der Waals surface area contributed by atoms with Crippen molar-refractivity contribution in [3.63, 3.8) is 0 Å². The van der Waals surface area contributed by atoms with E-state index in [4.69, 9.17) is 14.2 Å². The van der Waals surface area contributed by atoms with Crippen molar-refractivity contribution in [2.75, 3.05) is 18.7 Å². The summed E-state index contributed by atoms with van der Waals surface area (Å²) in [5.41, 5.74) is 2.76. The molecule has 0 bridgehead atoms. The van der Waals surface area contributed by atoms with E-state index in [0.29, 0.717) is 41.5 Å². The second-order valence-corrected chi connectivity index (χ2v) is 7.34. The normalized spacial score (nSPS) is 16.6. The second-order valence-electron chi connectivity index (χ2n) is 7.34. The van der Waals surface area contributed by atoms with Gasteiger partial charge in [-0.3, -0.25) is 4.79 Å². The standard InChI is InChI=1S/C24H22N2O5/c1-2-29-20-9-5-7-17(22(20)27)23-25-18-8-4-3-6-16(18)24(28)26(23)13-15-10-11-19-21(12-15)31-14-30-19/h3-12,23,25,27H,2,13-14H2,1H3/t23-/m1/s1. The van der Waals surface area contributed by atoms with Crippen LogP contribution in [0.1, 0.15) is 34.6 Å². The first-order valence-electron chi connectivity index (χ1n) is 10.2. The molecule has 0 saturated carbocycles. The van der Waals surface area contributed by atoms with Crippen LogP contribution in [-0.2, 0) is 6.54 Å². The number of amides is 1. The fourth-order valence-electron chi connectivity index (χ4n) is 3.97. The van der Waals surface area contributed by atoms with E-state index in [2.05, 4.69) is 5.32 Å². The third kappa shape index (κ3) is 3.38. The first-order valence-corrected chi connectivity index (χ1v) is 10.2. The highest BCUT2D eigenvalue weighted by atomic mass is 16.7. The molecule has 7 nitrogen and oxygen atoms in total. The van der Waals surface area contributed by atoms with E-state index in [9.17, 15) is 9.90 Å². The van der Waals surface area contributed by atoms with Gasteiger partial charge < -0.3 is 29.5 Å². The highest BCUT2D eigenvalue weighted by molar-refractivity contribution is 6.01. The number of hydrogen-bond acceptors (Lipinski definition) is 6. The van der Waals surface area contributed by atoms with E-state index < -0.39 is 6.17 Å². The van der Waals surface area contributed by atoms with Gasteiger partial charge in [-0.25, -0.2) is 0 Å². The highest BCUT2D eigenvalue weighted by Crippen LogP contribution is 2.41. The number of hydrogen-bond donors (Lipinski definition) is 2. The molecule has 0 aliphatic carbocycles. The summed E-state index contributed by atoms with van der Waals surface area (Å²) in [4.78, 5) is 15.2. The maximum atomic E-state index is 13.5. The van der Waals surface area contributed by atoms with E-state index in [1.54, 1.807) is 23.1 Å². The molecule has 3 aromatic carbocycles. The van der Waals surface area contributed by atoms with Gasteiger partial charge in [-0.05, 0) is 42.8 Å². The number of nitrogens with zero attached hydrogens (tertiary/aromatic N) is 1. The summed E-state index contributed by atoms with van der Waals surface area (Å²) >= 11 is 0. The van der Waals surface area contributed by atoms with Crippen molar-refractivity contribution in [3.8, 4) is 23.0 Å². The topological polar surface area (TPSA) is 80.3 Å². The Morgan fingerprint density at radius 3 is 2.81 bits per heavy atom. The molecule has 2 N–H and O–H groups in total. The van der Waals surface area contributed by atoms with Crippen molar-refractivity contribution in [1.82, 2.24) is 4.90 Å². The van der Waals surface area contributed by atoms with Gasteiger partial charge in [-0.15, -0.1) is 0 Å². The Hall–Kier alpha value is -3.87. The van der Waals surface area contributed by atoms with Crippen LogP contribution in [-0.4, -0.2) is 29.3 Å². The zero-order chi connectivity index (χ0) is 21.4. The zero-order valence-corrected chi connectivity index (χ0v) is 17.0. The number of rotatable bonds is 5. The number of phenolic OH excluding ortho intramolecular Hbond substituents is 1. The van der Waals surface area contributed by atoms with E-state index in [1.165, 1.54) is 0 Å². The predicted molar refractivity (Wildman–Crippen MR) is 115 cm³/mol. The number of aromatic hydroxyl groups is 1. The molecule has 0 radical (unpaired) electrons. The maximum absolute atomic E-state index is 13.5.